The zero-order valence-electron chi connectivity index (χ0n) is 13.2. The van der Waals surface area contributed by atoms with Crippen molar-refractivity contribution < 1.29 is 26.7 Å². The molecule has 6 nitrogen and oxygen atoms in total. The Hall–Kier alpha value is -1.36. The van der Waals surface area contributed by atoms with E-state index in [1.165, 1.54) is 0 Å². The lowest BCUT2D eigenvalue weighted by Gasteiger charge is -2.27. The SMILES string of the molecule is O=S(=O)(CC(F)(F)F)NC1C2CC(O)(c3cc(Cl)cc4[nH]ncc34)CC21. The van der Waals surface area contributed by atoms with Crippen LogP contribution in [-0.4, -0.2) is 41.7 Å². The van der Waals surface area contributed by atoms with Crippen LogP contribution in [0.5, 0.6) is 0 Å². The molecule has 0 amide bonds. The first-order valence-corrected chi connectivity index (χ1v) is 9.93. The van der Waals surface area contributed by atoms with Crippen LogP contribution in [0.4, 0.5) is 13.2 Å². The molecule has 2 atom stereocenters. The van der Waals surface area contributed by atoms with Gasteiger partial charge in [-0.3, -0.25) is 5.10 Å². The van der Waals surface area contributed by atoms with Crippen LogP contribution in [0.2, 0.25) is 5.02 Å². The van der Waals surface area contributed by atoms with Crippen LogP contribution in [-0.2, 0) is 15.6 Å². The van der Waals surface area contributed by atoms with Gasteiger partial charge >= 0.3 is 6.18 Å². The minimum Gasteiger partial charge on any atom is -0.385 e. The maximum atomic E-state index is 12.3. The molecule has 4 rings (SSSR count). The molecule has 0 saturated heterocycles. The maximum Gasteiger partial charge on any atom is 0.404 e. The number of aromatic amines is 1. The third-order valence-electron chi connectivity index (χ3n) is 5.17. The number of hydrogen-bond donors (Lipinski definition) is 3. The monoisotopic (exact) mass is 409 g/mol. The molecule has 2 fully saturated rings. The van der Waals surface area contributed by atoms with E-state index in [0.717, 1.165) is 0 Å². The quantitative estimate of drug-likeness (QED) is 0.722. The number of halogens is 4. The highest BCUT2D eigenvalue weighted by atomic mass is 35.5. The van der Waals surface area contributed by atoms with Crippen LogP contribution in [0.1, 0.15) is 18.4 Å². The predicted octanol–water partition coefficient (Wildman–Crippen LogP) is 2.29. The molecular weight excluding hydrogens is 395 g/mol. The second-order valence-electron chi connectivity index (χ2n) is 7.07. The summed E-state index contributed by atoms with van der Waals surface area (Å²) in [7, 11) is -4.45. The Morgan fingerprint density at radius 3 is 2.62 bits per heavy atom. The smallest absolute Gasteiger partial charge is 0.385 e. The lowest BCUT2D eigenvalue weighted by molar-refractivity contribution is -0.106. The van der Waals surface area contributed by atoms with Gasteiger partial charge in [-0.05, 0) is 42.4 Å². The average molecular weight is 410 g/mol. The summed E-state index contributed by atoms with van der Waals surface area (Å²) >= 11 is 6.09. The van der Waals surface area contributed by atoms with Crippen molar-refractivity contribution in [2.75, 3.05) is 5.75 Å². The van der Waals surface area contributed by atoms with E-state index in [1.54, 1.807) is 18.3 Å². The second kappa shape index (κ2) is 5.57. The number of alkyl halides is 3. The van der Waals surface area contributed by atoms with Gasteiger partial charge < -0.3 is 5.11 Å². The van der Waals surface area contributed by atoms with Gasteiger partial charge in [0.2, 0.25) is 10.0 Å². The Kier molecular flexibility index (Phi) is 3.86. The van der Waals surface area contributed by atoms with Gasteiger partial charge in [-0.2, -0.15) is 18.3 Å². The van der Waals surface area contributed by atoms with Gasteiger partial charge in [0.05, 0.1) is 17.3 Å². The number of benzene rings is 1. The van der Waals surface area contributed by atoms with Crippen molar-refractivity contribution in [1.29, 1.82) is 0 Å². The molecule has 11 heteroatoms. The highest BCUT2D eigenvalue weighted by Crippen LogP contribution is 2.60. The van der Waals surface area contributed by atoms with Gasteiger partial charge in [-0.25, -0.2) is 13.1 Å². The molecule has 1 aromatic heterocycles. The number of nitrogens with zero attached hydrogens (tertiary/aromatic N) is 1. The molecule has 2 aromatic rings. The Balaban J connectivity index is 1.51. The normalized spacial score (nSPS) is 31.3. The summed E-state index contributed by atoms with van der Waals surface area (Å²) in [6.45, 7) is 0. The molecule has 26 heavy (non-hydrogen) atoms. The predicted molar refractivity (Wildman–Crippen MR) is 88.0 cm³/mol. The summed E-state index contributed by atoms with van der Waals surface area (Å²) in [5.41, 5.74) is 0.0516. The molecule has 2 aliphatic carbocycles. The van der Waals surface area contributed by atoms with Gasteiger partial charge in [-0.15, -0.1) is 0 Å². The summed E-state index contributed by atoms with van der Waals surface area (Å²) in [5, 5.41) is 18.9. The maximum absolute atomic E-state index is 12.3. The van der Waals surface area contributed by atoms with Gasteiger partial charge in [0.1, 0.15) is 0 Å². The minimum atomic E-state index is -4.79. The first-order valence-electron chi connectivity index (χ1n) is 7.90. The Labute approximate surface area is 151 Å². The van der Waals surface area contributed by atoms with E-state index >= 15 is 0 Å². The van der Waals surface area contributed by atoms with Crippen molar-refractivity contribution in [3.63, 3.8) is 0 Å². The molecule has 0 radical (unpaired) electrons. The van der Waals surface area contributed by atoms with Crippen LogP contribution in [0, 0.1) is 11.8 Å². The van der Waals surface area contributed by atoms with E-state index in [0.29, 0.717) is 21.5 Å². The largest absolute Gasteiger partial charge is 0.404 e. The van der Waals surface area contributed by atoms with E-state index in [-0.39, 0.29) is 24.7 Å². The minimum absolute atomic E-state index is 0.205. The van der Waals surface area contributed by atoms with Crippen molar-refractivity contribution in [3.8, 4) is 0 Å². The van der Waals surface area contributed by atoms with E-state index in [9.17, 15) is 26.7 Å². The molecular formula is C15H15ClF3N3O3S. The number of fused-ring (bicyclic) bond motifs is 2. The Morgan fingerprint density at radius 2 is 2.00 bits per heavy atom. The second-order valence-corrected chi connectivity index (χ2v) is 9.26. The summed E-state index contributed by atoms with van der Waals surface area (Å²) in [6.07, 6.45) is -2.72. The molecule has 2 unspecified atom stereocenters. The summed E-state index contributed by atoms with van der Waals surface area (Å²) in [4.78, 5) is 0. The fourth-order valence-electron chi connectivity index (χ4n) is 4.13. The van der Waals surface area contributed by atoms with Crippen molar-refractivity contribution in [2.45, 2.75) is 30.7 Å². The Morgan fingerprint density at radius 1 is 1.35 bits per heavy atom. The average Bonchev–Trinajstić information content (AvgIpc) is 2.89. The van der Waals surface area contributed by atoms with Gasteiger partial charge in [0.15, 0.2) is 5.75 Å². The third-order valence-corrected chi connectivity index (χ3v) is 6.73. The fraction of sp³-hybridized carbons (Fsp3) is 0.533. The lowest BCUT2D eigenvalue weighted by atomic mass is 9.86. The number of nitrogens with one attached hydrogen (secondary N) is 2. The third kappa shape index (κ3) is 3.19. The molecule has 3 N–H and O–H groups in total. The summed E-state index contributed by atoms with van der Waals surface area (Å²) in [5.74, 6) is -2.31. The molecule has 142 valence electrons. The standard InChI is InChI=1S/C15H15ClF3N3O3S/c16-7-1-11(10-5-20-21-12(10)2-7)14(23)3-8-9(4-14)13(8)22-26(24,25)6-15(17,18)19/h1-2,5,8-9,13,22-23H,3-4,6H2,(H,20,21). The lowest BCUT2D eigenvalue weighted by Crippen LogP contribution is -2.38. The zero-order valence-corrected chi connectivity index (χ0v) is 14.8. The number of aromatic nitrogens is 2. The summed E-state index contributed by atoms with van der Waals surface area (Å²) in [6, 6.07) is 2.76. The van der Waals surface area contributed by atoms with Gasteiger partial charge in [0.25, 0.3) is 0 Å². The van der Waals surface area contributed by atoms with E-state index < -0.39 is 33.6 Å². The molecule has 0 aliphatic heterocycles. The van der Waals surface area contributed by atoms with Crippen LogP contribution < -0.4 is 4.72 Å². The van der Waals surface area contributed by atoms with Crippen LogP contribution in [0.15, 0.2) is 18.3 Å². The number of sulfonamides is 1. The van der Waals surface area contributed by atoms with E-state index in [2.05, 4.69) is 14.9 Å². The molecule has 1 heterocycles. The van der Waals surface area contributed by atoms with Gasteiger partial charge in [-0.1, -0.05) is 11.6 Å². The highest BCUT2D eigenvalue weighted by molar-refractivity contribution is 7.89. The molecule has 2 saturated carbocycles. The zero-order chi connectivity index (χ0) is 18.9. The van der Waals surface area contributed by atoms with Crippen LogP contribution in [0.25, 0.3) is 10.9 Å². The summed E-state index contributed by atoms with van der Waals surface area (Å²) < 4.78 is 62.4. The highest BCUT2D eigenvalue weighted by Gasteiger charge is 2.63. The van der Waals surface area contributed by atoms with Crippen molar-refractivity contribution in [1.82, 2.24) is 14.9 Å². The first-order chi connectivity index (χ1) is 12.0. The number of hydrogen-bond acceptors (Lipinski definition) is 4. The van der Waals surface area contributed by atoms with E-state index in [1.807, 2.05) is 0 Å². The number of aliphatic hydroxyl groups is 1. The first kappa shape index (κ1) is 18.0. The number of H-pyrrole nitrogens is 1. The fourth-order valence-corrected chi connectivity index (χ4v) is 5.62. The topological polar surface area (TPSA) is 95.1 Å². The van der Waals surface area contributed by atoms with Crippen molar-refractivity contribution in [3.05, 3.63) is 28.9 Å². The van der Waals surface area contributed by atoms with Crippen LogP contribution >= 0.6 is 11.6 Å². The van der Waals surface area contributed by atoms with Gasteiger partial charge in [0, 0.05) is 16.5 Å². The van der Waals surface area contributed by atoms with E-state index in [4.69, 9.17) is 11.6 Å². The molecule has 0 bridgehead atoms. The van der Waals surface area contributed by atoms with Crippen LogP contribution in [0.3, 0.4) is 0 Å². The molecule has 2 aliphatic rings. The molecule has 0 spiro atoms. The molecule has 1 aromatic carbocycles. The van der Waals surface area contributed by atoms with Crippen molar-refractivity contribution >= 4 is 32.5 Å². The van der Waals surface area contributed by atoms with Crippen molar-refractivity contribution in [2.24, 2.45) is 11.8 Å². The Bertz CT molecular complexity index is 963. The number of rotatable bonds is 4.